The molecule has 0 aliphatic carbocycles. The van der Waals surface area contributed by atoms with Crippen molar-refractivity contribution in [2.24, 2.45) is 7.05 Å². The Labute approximate surface area is 161 Å². The van der Waals surface area contributed by atoms with Gasteiger partial charge >= 0.3 is 0 Å². The zero-order valence-corrected chi connectivity index (χ0v) is 17.4. The van der Waals surface area contributed by atoms with E-state index in [0.717, 1.165) is 21.8 Å². The van der Waals surface area contributed by atoms with Gasteiger partial charge in [-0.05, 0) is 67.0 Å². The number of rotatable bonds is 4. The summed E-state index contributed by atoms with van der Waals surface area (Å²) in [5.74, 6) is 0. The van der Waals surface area contributed by atoms with Gasteiger partial charge in [0.25, 0.3) is 0 Å². The van der Waals surface area contributed by atoms with Crippen LogP contribution in [0.3, 0.4) is 0 Å². The Morgan fingerprint density at radius 1 is 0.667 bits per heavy atom. The smallest absolute Gasteiger partial charge is 0.0638 e. The summed E-state index contributed by atoms with van der Waals surface area (Å²) in [7, 11) is 2.13. The van der Waals surface area contributed by atoms with E-state index in [4.69, 9.17) is 0 Å². The molecule has 124 valence electrons. The Hall–Kier alpha value is -1.32. The molecule has 0 amide bonds. The second-order valence-electron chi connectivity index (χ2n) is 5.99. The summed E-state index contributed by atoms with van der Waals surface area (Å²) >= 11 is 7.56. The van der Waals surface area contributed by atoms with Gasteiger partial charge in [0.05, 0.1) is 20.3 Å². The van der Waals surface area contributed by atoms with Crippen LogP contribution in [-0.4, -0.2) is 4.57 Å². The monoisotopic (exact) mass is 445 g/mol. The van der Waals surface area contributed by atoms with E-state index in [1.165, 1.54) is 33.6 Å². The van der Waals surface area contributed by atoms with Crippen molar-refractivity contribution < 1.29 is 0 Å². The standard InChI is InChI=1S/C21H21Br2N/c1-4-14-6-10-16(11-7-14)20-18(22)19(23)21(24(20)3)17-12-8-15(5-2)9-13-17/h6-13H,4-5H2,1-3H3. The molecule has 0 saturated carbocycles. The fourth-order valence-corrected chi connectivity index (χ4v) is 4.42. The molecule has 3 rings (SSSR count). The van der Waals surface area contributed by atoms with E-state index < -0.39 is 0 Å². The number of halogens is 2. The number of aryl methyl sites for hydroxylation is 2. The van der Waals surface area contributed by atoms with Crippen LogP contribution >= 0.6 is 31.9 Å². The molecule has 3 heteroatoms. The summed E-state index contributed by atoms with van der Waals surface area (Å²) in [4.78, 5) is 0. The van der Waals surface area contributed by atoms with Crippen molar-refractivity contribution in [3.63, 3.8) is 0 Å². The molecule has 0 radical (unpaired) electrons. The van der Waals surface area contributed by atoms with E-state index in [9.17, 15) is 0 Å². The second kappa shape index (κ2) is 7.28. The Morgan fingerprint density at radius 2 is 1.00 bits per heavy atom. The number of nitrogens with zero attached hydrogens (tertiary/aromatic N) is 1. The van der Waals surface area contributed by atoms with Crippen LogP contribution in [-0.2, 0) is 19.9 Å². The maximum Gasteiger partial charge on any atom is 0.0638 e. The Bertz CT molecular complexity index is 772. The number of aromatic nitrogens is 1. The van der Waals surface area contributed by atoms with E-state index in [1.54, 1.807) is 0 Å². The van der Waals surface area contributed by atoms with Crippen LogP contribution in [0.1, 0.15) is 25.0 Å². The van der Waals surface area contributed by atoms with E-state index in [1.807, 2.05) is 0 Å². The molecule has 1 heterocycles. The lowest BCUT2D eigenvalue weighted by atomic mass is 10.1. The van der Waals surface area contributed by atoms with Crippen molar-refractivity contribution >= 4 is 31.9 Å². The molecule has 0 aliphatic heterocycles. The van der Waals surface area contributed by atoms with Gasteiger partial charge in [-0.2, -0.15) is 0 Å². The molecule has 0 aliphatic rings. The van der Waals surface area contributed by atoms with Crippen molar-refractivity contribution in [2.75, 3.05) is 0 Å². The fourth-order valence-electron chi connectivity index (χ4n) is 3.05. The Kier molecular flexibility index (Phi) is 5.31. The highest BCUT2D eigenvalue weighted by atomic mass is 79.9. The molecule has 0 bridgehead atoms. The predicted octanol–water partition coefficient (Wildman–Crippen LogP) is 7.01. The summed E-state index contributed by atoms with van der Waals surface area (Å²) in [6, 6.07) is 17.6. The van der Waals surface area contributed by atoms with Crippen LogP contribution in [0.15, 0.2) is 57.5 Å². The summed E-state index contributed by atoms with van der Waals surface area (Å²) < 4.78 is 4.46. The summed E-state index contributed by atoms with van der Waals surface area (Å²) in [6.45, 7) is 4.37. The number of benzene rings is 2. The van der Waals surface area contributed by atoms with Crippen molar-refractivity contribution in [1.82, 2.24) is 4.57 Å². The third-order valence-corrected chi connectivity index (χ3v) is 6.63. The molecule has 0 spiro atoms. The minimum atomic E-state index is 1.06. The second-order valence-corrected chi connectivity index (χ2v) is 7.57. The lowest BCUT2D eigenvalue weighted by molar-refractivity contribution is 0.942. The molecule has 0 saturated heterocycles. The maximum absolute atomic E-state index is 3.78. The topological polar surface area (TPSA) is 4.93 Å². The van der Waals surface area contributed by atoms with Gasteiger partial charge in [-0.3, -0.25) is 0 Å². The number of hydrogen-bond acceptors (Lipinski definition) is 0. The van der Waals surface area contributed by atoms with Crippen molar-refractivity contribution in [3.8, 4) is 22.5 Å². The van der Waals surface area contributed by atoms with Crippen LogP contribution in [0, 0.1) is 0 Å². The van der Waals surface area contributed by atoms with Crippen LogP contribution in [0.2, 0.25) is 0 Å². The van der Waals surface area contributed by atoms with Gasteiger partial charge in [0.2, 0.25) is 0 Å². The Morgan fingerprint density at radius 3 is 1.29 bits per heavy atom. The van der Waals surface area contributed by atoms with Crippen LogP contribution in [0.5, 0.6) is 0 Å². The van der Waals surface area contributed by atoms with E-state index in [-0.39, 0.29) is 0 Å². The lowest BCUT2D eigenvalue weighted by Gasteiger charge is -2.10. The normalized spacial score (nSPS) is 11.0. The summed E-state index contributed by atoms with van der Waals surface area (Å²) in [5, 5.41) is 0. The van der Waals surface area contributed by atoms with Crippen molar-refractivity contribution in [3.05, 3.63) is 68.6 Å². The third-order valence-electron chi connectivity index (χ3n) is 4.55. The van der Waals surface area contributed by atoms with Gasteiger partial charge < -0.3 is 4.57 Å². The predicted molar refractivity (Wildman–Crippen MR) is 110 cm³/mol. The molecule has 1 nitrogen and oxygen atoms in total. The molecule has 1 aromatic heterocycles. The molecular weight excluding hydrogens is 426 g/mol. The SMILES string of the molecule is CCc1ccc(-c2c(Br)c(Br)c(-c3ccc(CC)cc3)n2C)cc1. The Balaban J connectivity index is 2.12. The van der Waals surface area contributed by atoms with Gasteiger partial charge in [-0.1, -0.05) is 62.4 Å². The van der Waals surface area contributed by atoms with Crippen molar-refractivity contribution in [1.29, 1.82) is 0 Å². The van der Waals surface area contributed by atoms with E-state index >= 15 is 0 Å². The average Bonchev–Trinajstić information content (AvgIpc) is 2.84. The molecule has 0 fully saturated rings. The van der Waals surface area contributed by atoms with Crippen molar-refractivity contribution in [2.45, 2.75) is 26.7 Å². The number of hydrogen-bond donors (Lipinski definition) is 0. The first kappa shape index (κ1) is 17.5. The summed E-state index contributed by atoms with van der Waals surface area (Å²) in [6.07, 6.45) is 2.13. The average molecular weight is 447 g/mol. The molecule has 3 aromatic rings. The molecule has 0 atom stereocenters. The molecule has 24 heavy (non-hydrogen) atoms. The fraction of sp³-hybridized carbons (Fsp3) is 0.238. The molecule has 0 unspecified atom stereocenters. The van der Waals surface area contributed by atoms with Gasteiger partial charge in [0.15, 0.2) is 0 Å². The first-order chi connectivity index (χ1) is 11.6. The van der Waals surface area contributed by atoms with Crippen LogP contribution in [0.4, 0.5) is 0 Å². The lowest BCUT2D eigenvalue weighted by Crippen LogP contribution is -1.95. The molecule has 0 N–H and O–H groups in total. The zero-order valence-electron chi connectivity index (χ0n) is 14.2. The molecule has 2 aromatic carbocycles. The van der Waals surface area contributed by atoms with Crippen LogP contribution < -0.4 is 0 Å². The minimum absolute atomic E-state index is 1.06. The highest BCUT2D eigenvalue weighted by Gasteiger charge is 2.20. The van der Waals surface area contributed by atoms with E-state index in [2.05, 4.69) is 106 Å². The van der Waals surface area contributed by atoms with E-state index in [0.29, 0.717) is 0 Å². The minimum Gasteiger partial charge on any atom is -0.342 e. The quantitative estimate of drug-likeness (QED) is 0.406. The van der Waals surface area contributed by atoms with Gasteiger partial charge in [-0.25, -0.2) is 0 Å². The van der Waals surface area contributed by atoms with Gasteiger partial charge in [0, 0.05) is 7.05 Å². The highest BCUT2D eigenvalue weighted by Crippen LogP contribution is 2.43. The third kappa shape index (κ3) is 3.12. The molecular formula is C21H21Br2N. The first-order valence-electron chi connectivity index (χ1n) is 8.29. The highest BCUT2D eigenvalue weighted by molar-refractivity contribution is 9.13. The zero-order chi connectivity index (χ0) is 17.3. The first-order valence-corrected chi connectivity index (χ1v) is 9.87. The van der Waals surface area contributed by atoms with Gasteiger partial charge in [0.1, 0.15) is 0 Å². The maximum atomic E-state index is 3.78. The van der Waals surface area contributed by atoms with Gasteiger partial charge in [-0.15, -0.1) is 0 Å². The van der Waals surface area contributed by atoms with Crippen LogP contribution in [0.25, 0.3) is 22.5 Å². The largest absolute Gasteiger partial charge is 0.342 e. The summed E-state index contributed by atoms with van der Waals surface area (Å²) in [5.41, 5.74) is 7.55.